The summed E-state index contributed by atoms with van der Waals surface area (Å²) in [5.41, 5.74) is 0. The van der Waals surface area contributed by atoms with Gasteiger partial charge < -0.3 is 0 Å². The van der Waals surface area contributed by atoms with Gasteiger partial charge in [-0.1, -0.05) is 31.9 Å². The zero-order valence-electron chi connectivity index (χ0n) is 7.12. The van der Waals surface area contributed by atoms with Crippen molar-refractivity contribution in [2.75, 3.05) is 5.75 Å². The molecule has 0 aromatic heterocycles. The molecule has 0 bridgehead atoms. The van der Waals surface area contributed by atoms with Gasteiger partial charge in [-0.15, -0.1) is 0 Å². The van der Waals surface area contributed by atoms with Crippen molar-refractivity contribution in [1.29, 1.82) is 0 Å². The van der Waals surface area contributed by atoms with Gasteiger partial charge in [-0.05, 0) is 25.2 Å². The van der Waals surface area contributed by atoms with Crippen LogP contribution in [0.25, 0.3) is 0 Å². The number of hydrogen-bond acceptors (Lipinski definition) is 2. The van der Waals surface area contributed by atoms with Crippen LogP contribution in [0.15, 0.2) is 0 Å². The van der Waals surface area contributed by atoms with Gasteiger partial charge in [0.05, 0.1) is 11.0 Å². The minimum atomic E-state index is -2.75. The topological polar surface area (TPSA) is 34.1 Å². The predicted octanol–water partition coefficient (Wildman–Crippen LogP) is 2.11. The predicted molar refractivity (Wildman–Crippen MR) is 60.3 cm³/mol. The van der Waals surface area contributed by atoms with Crippen molar-refractivity contribution in [3.8, 4) is 0 Å². The van der Waals surface area contributed by atoms with Crippen LogP contribution in [0.1, 0.15) is 19.3 Å². The maximum Gasteiger partial charge on any atom is 0.153 e. The highest BCUT2D eigenvalue weighted by molar-refractivity contribution is 9.12. The van der Waals surface area contributed by atoms with Crippen molar-refractivity contribution in [2.45, 2.75) is 34.2 Å². The summed E-state index contributed by atoms with van der Waals surface area (Å²) in [7, 11) is -2.75. The van der Waals surface area contributed by atoms with E-state index in [-0.39, 0.29) is 5.25 Å². The number of hydrogen-bond donors (Lipinski definition) is 0. The quantitative estimate of drug-likeness (QED) is 0.637. The molecule has 2 fully saturated rings. The van der Waals surface area contributed by atoms with E-state index >= 15 is 0 Å². The molecule has 76 valence electrons. The molecular weight excluding hydrogens is 320 g/mol. The molecule has 1 saturated carbocycles. The van der Waals surface area contributed by atoms with Gasteiger partial charge in [0.1, 0.15) is 0 Å². The van der Waals surface area contributed by atoms with Crippen LogP contribution in [0, 0.1) is 5.92 Å². The van der Waals surface area contributed by atoms with Crippen molar-refractivity contribution in [3.63, 3.8) is 0 Å². The van der Waals surface area contributed by atoms with Crippen LogP contribution in [0.4, 0.5) is 0 Å². The van der Waals surface area contributed by atoms with Crippen LogP contribution in [0.2, 0.25) is 0 Å². The second-order valence-corrected chi connectivity index (χ2v) is 8.65. The van der Waals surface area contributed by atoms with E-state index in [0.29, 0.717) is 21.3 Å². The van der Waals surface area contributed by atoms with Gasteiger partial charge in [-0.3, -0.25) is 0 Å². The number of halogens is 2. The number of fused-ring (bicyclic) bond motifs is 1. The van der Waals surface area contributed by atoms with Crippen LogP contribution in [0.3, 0.4) is 0 Å². The molecule has 13 heavy (non-hydrogen) atoms. The lowest BCUT2D eigenvalue weighted by Gasteiger charge is -2.31. The molecule has 0 amide bonds. The molecule has 0 spiro atoms. The third-order valence-corrected chi connectivity index (χ3v) is 8.18. The normalized spacial score (nSPS) is 48.8. The smallest absolute Gasteiger partial charge is 0.153 e. The first kappa shape index (κ1) is 10.4. The number of sulfone groups is 1. The van der Waals surface area contributed by atoms with E-state index in [1.54, 1.807) is 0 Å². The van der Waals surface area contributed by atoms with Crippen LogP contribution < -0.4 is 0 Å². The molecule has 0 aromatic rings. The summed E-state index contributed by atoms with van der Waals surface area (Å²) in [6.07, 6.45) is 2.65. The summed E-state index contributed by atoms with van der Waals surface area (Å²) >= 11 is 7.12. The highest BCUT2D eigenvalue weighted by Gasteiger charge is 2.45. The lowest BCUT2D eigenvalue weighted by Crippen LogP contribution is -2.36. The summed E-state index contributed by atoms with van der Waals surface area (Å²) in [6, 6.07) is 0. The van der Waals surface area contributed by atoms with Crippen LogP contribution >= 0.6 is 31.9 Å². The van der Waals surface area contributed by atoms with Gasteiger partial charge in [0.2, 0.25) is 0 Å². The van der Waals surface area contributed by atoms with Crippen LogP contribution in [0.5, 0.6) is 0 Å². The lowest BCUT2D eigenvalue weighted by atomic mass is 9.87. The van der Waals surface area contributed by atoms with E-state index in [1.807, 2.05) is 0 Å². The van der Waals surface area contributed by atoms with Crippen LogP contribution in [-0.4, -0.2) is 29.1 Å². The van der Waals surface area contributed by atoms with Gasteiger partial charge in [0.15, 0.2) is 9.84 Å². The van der Waals surface area contributed by atoms with Gasteiger partial charge >= 0.3 is 0 Å². The van der Waals surface area contributed by atoms with Crippen LogP contribution in [-0.2, 0) is 9.84 Å². The summed E-state index contributed by atoms with van der Waals surface area (Å²) < 4.78 is 23.2. The zero-order chi connectivity index (χ0) is 9.64. The highest BCUT2D eigenvalue weighted by Crippen LogP contribution is 2.42. The van der Waals surface area contributed by atoms with Gasteiger partial charge in [0, 0.05) is 9.65 Å². The SMILES string of the molecule is O=S1(=O)CC[C@@H]2C[C@H](Br)[C@H](Br)C[C@H]21. The molecule has 1 aliphatic heterocycles. The Morgan fingerprint density at radius 1 is 1.08 bits per heavy atom. The molecular formula is C8H12Br2O2S. The molecule has 1 aliphatic carbocycles. The molecule has 0 N–H and O–H groups in total. The average Bonchev–Trinajstić information content (AvgIpc) is 2.31. The fourth-order valence-electron chi connectivity index (χ4n) is 2.36. The van der Waals surface area contributed by atoms with Crippen molar-refractivity contribution in [1.82, 2.24) is 0 Å². The second-order valence-electron chi connectivity index (χ2n) is 3.96. The van der Waals surface area contributed by atoms with E-state index in [2.05, 4.69) is 31.9 Å². The Morgan fingerprint density at radius 3 is 2.38 bits per heavy atom. The molecule has 4 atom stereocenters. The van der Waals surface area contributed by atoms with E-state index in [1.165, 1.54) is 0 Å². The van der Waals surface area contributed by atoms with Crippen molar-refractivity contribution in [2.24, 2.45) is 5.92 Å². The monoisotopic (exact) mass is 330 g/mol. The third kappa shape index (κ3) is 1.84. The second kappa shape index (κ2) is 3.49. The van der Waals surface area contributed by atoms with Gasteiger partial charge in [0.25, 0.3) is 0 Å². The first-order valence-electron chi connectivity index (χ1n) is 4.50. The average molecular weight is 332 g/mol. The van der Waals surface area contributed by atoms with Gasteiger partial charge in [-0.2, -0.15) is 0 Å². The van der Waals surface area contributed by atoms with Gasteiger partial charge in [-0.25, -0.2) is 8.42 Å². The zero-order valence-corrected chi connectivity index (χ0v) is 11.1. The highest BCUT2D eigenvalue weighted by atomic mass is 79.9. The van der Waals surface area contributed by atoms with E-state index < -0.39 is 9.84 Å². The standard InChI is InChI=1S/C8H12Br2O2S/c9-6-3-5-1-2-13(11,12)8(5)4-7(6)10/h5-8H,1-4H2/t5-,6+,7-,8-/m1/s1. The molecule has 0 radical (unpaired) electrons. The Kier molecular flexibility index (Phi) is 2.80. The molecule has 0 aromatic carbocycles. The van der Waals surface area contributed by atoms with Crippen molar-refractivity contribution >= 4 is 41.7 Å². The molecule has 1 heterocycles. The maximum atomic E-state index is 11.6. The Balaban J connectivity index is 2.21. The maximum absolute atomic E-state index is 11.6. The number of rotatable bonds is 0. The fraction of sp³-hybridized carbons (Fsp3) is 1.00. The lowest BCUT2D eigenvalue weighted by molar-refractivity contribution is 0.392. The first-order chi connectivity index (χ1) is 6.00. The molecule has 2 rings (SSSR count). The minimum Gasteiger partial charge on any atom is -0.229 e. The summed E-state index contributed by atoms with van der Waals surface area (Å²) in [5.74, 6) is 0.810. The molecule has 5 heteroatoms. The van der Waals surface area contributed by atoms with E-state index in [0.717, 1.165) is 19.3 Å². The van der Waals surface area contributed by atoms with Crippen molar-refractivity contribution in [3.05, 3.63) is 0 Å². The largest absolute Gasteiger partial charge is 0.229 e. The third-order valence-electron chi connectivity index (χ3n) is 3.14. The Bertz CT molecular complexity index is 301. The van der Waals surface area contributed by atoms with E-state index in [4.69, 9.17) is 0 Å². The minimum absolute atomic E-state index is 0.0642. The summed E-state index contributed by atoms with van der Waals surface area (Å²) in [4.78, 5) is 0.767. The molecule has 2 aliphatic rings. The van der Waals surface area contributed by atoms with E-state index in [9.17, 15) is 8.42 Å². The first-order valence-corrected chi connectivity index (χ1v) is 8.05. The Morgan fingerprint density at radius 2 is 1.69 bits per heavy atom. The summed E-state index contributed by atoms with van der Waals surface area (Å²) in [6.45, 7) is 0. The number of alkyl halides is 2. The fourth-order valence-corrected chi connectivity index (χ4v) is 6.19. The molecule has 0 unspecified atom stereocenters. The molecule has 1 saturated heterocycles. The molecule has 2 nitrogen and oxygen atoms in total. The Hall–Kier alpha value is 0.910. The van der Waals surface area contributed by atoms with Crippen molar-refractivity contribution < 1.29 is 8.42 Å². The summed E-state index contributed by atoms with van der Waals surface area (Å²) in [5, 5.41) is -0.0642. The Labute approximate surface area is 95.6 Å².